The molecule has 1 aliphatic heterocycles. The van der Waals surface area contributed by atoms with Crippen LogP contribution in [-0.2, 0) is 6.54 Å². The first kappa shape index (κ1) is 14.0. The number of nitriles is 1. The van der Waals surface area contributed by atoms with E-state index in [4.69, 9.17) is 5.26 Å². The predicted octanol–water partition coefficient (Wildman–Crippen LogP) is 2.52. The van der Waals surface area contributed by atoms with Gasteiger partial charge >= 0.3 is 0 Å². The Morgan fingerprint density at radius 3 is 2.53 bits per heavy atom. The van der Waals surface area contributed by atoms with Crippen LogP contribution in [0, 0.1) is 11.3 Å². The number of rotatable bonds is 5. The summed E-state index contributed by atoms with van der Waals surface area (Å²) in [7, 11) is 0. The maximum Gasteiger partial charge on any atom is 0.0991 e. The van der Waals surface area contributed by atoms with E-state index in [-0.39, 0.29) is 0 Å². The fourth-order valence-corrected chi connectivity index (χ4v) is 2.58. The first-order chi connectivity index (χ1) is 9.28. The van der Waals surface area contributed by atoms with Gasteiger partial charge in [0, 0.05) is 19.1 Å². The van der Waals surface area contributed by atoms with Crippen molar-refractivity contribution in [2.45, 2.75) is 38.8 Å². The molecule has 0 radical (unpaired) electrons. The van der Waals surface area contributed by atoms with E-state index in [0.29, 0.717) is 6.04 Å². The summed E-state index contributed by atoms with van der Waals surface area (Å²) in [5, 5.41) is 12.3. The molecule has 19 heavy (non-hydrogen) atoms. The molecule has 1 aromatic rings. The first-order valence-corrected chi connectivity index (χ1v) is 7.23. The molecule has 1 heterocycles. The number of nitrogens with zero attached hydrogens (tertiary/aromatic N) is 2. The Bertz CT molecular complexity index is 413. The van der Waals surface area contributed by atoms with Crippen LogP contribution in [0.2, 0.25) is 0 Å². The Morgan fingerprint density at radius 1 is 1.21 bits per heavy atom. The Hall–Kier alpha value is -1.37. The van der Waals surface area contributed by atoms with Gasteiger partial charge in [0.05, 0.1) is 11.6 Å². The van der Waals surface area contributed by atoms with Gasteiger partial charge in [-0.2, -0.15) is 5.26 Å². The minimum atomic E-state index is 0.508. The highest BCUT2D eigenvalue weighted by Crippen LogP contribution is 2.09. The Morgan fingerprint density at radius 2 is 1.89 bits per heavy atom. The van der Waals surface area contributed by atoms with Gasteiger partial charge in [-0.3, -0.25) is 0 Å². The van der Waals surface area contributed by atoms with E-state index in [9.17, 15) is 0 Å². The van der Waals surface area contributed by atoms with Crippen molar-refractivity contribution in [2.24, 2.45) is 0 Å². The SMILES string of the molecule is CC(CN1CCCCC1)NCc1ccc(C#N)cc1. The Labute approximate surface area is 116 Å². The summed E-state index contributed by atoms with van der Waals surface area (Å²) < 4.78 is 0. The van der Waals surface area contributed by atoms with Crippen molar-refractivity contribution in [2.75, 3.05) is 19.6 Å². The lowest BCUT2D eigenvalue weighted by Crippen LogP contribution is -2.41. The van der Waals surface area contributed by atoms with Crippen molar-refractivity contribution in [1.29, 1.82) is 5.26 Å². The van der Waals surface area contributed by atoms with Gasteiger partial charge < -0.3 is 10.2 Å². The summed E-state index contributed by atoms with van der Waals surface area (Å²) in [5.74, 6) is 0. The summed E-state index contributed by atoms with van der Waals surface area (Å²) >= 11 is 0. The molecule has 3 heteroatoms. The van der Waals surface area contributed by atoms with Crippen molar-refractivity contribution in [3.63, 3.8) is 0 Å². The van der Waals surface area contributed by atoms with Gasteiger partial charge in [-0.25, -0.2) is 0 Å². The van der Waals surface area contributed by atoms with E-state index in [2.05, 4.69) is 23.2 Å². The molecule has 0 aliphatic carbocycles. The number of nitrogens with one attached hydrogen (secondary N) is 1. The zero-order valence-corrected chi connectivity index (χ0v) is 11.7. The highest BCUT2D eigenvalue weighted by molar-refractivity contribution is 5.31. The molecule has 3 nitrogen and oxygen atoms in total. The minimum Gasteiger partial charge on any atom is -0.309 e. The lowest BCUT2D eigenvalue weighted by Gasteiger charge is -2.29. The van der Waals surface area contributed by atoms with Gasteiger partial charge in [-0.05, 0) is 50.6 Å². The second-order valence-corrected chi connectivity index (χ2v) is 5.45. The molecule has 0 aromatic heterocycles. The van der Waals surface area contributed by atoms with Crippen LogP contribution in [0.15, 0.2) is 24.3 Å². The van der Waals surface area contributed by atoms with Crippen molar-refractivity contribution in [3.05, 3.63) is 35.4 Å². The van der Waals surface area contributed by atoms with Crippen molar-refractivity contribution < 1.29 is 0 Å². The van der Waals surface area contributed by atoms with Crippen LogP contribution >= 0.6 is 0 Å². The zero-order chi connectivity index (χ0) is 13.5. The van der Waals surface area contributed by atoms with Crippen LogP contribution in [0.25, 0.3) is 0 Å². The third kappa shape index (κ3) is 4.66. The van der Waals surface area contributed by atoms with E-state index in [1.54, 1.807) is 0 Å². The highest BCUT2D eigenvalue weighted by atomic mass is 15.1. The monoisotopic (exact) mass is 257 g/mol. The van der Waals surface area contributed by atoms with Crippen LogP contribution in [0.5, 0.6) is 0 Å². The molecule has 1 N–H and O–H groups in total. The average Bonchev–Trinajstić information content (AvgIpc) is 2.47. The third-order valence-electron chi connectivity index (χ3n) is 3.72. The molecule has 1 fully saturated rings. The topological polar surface area (TPSA) is 39.1 Å². The summed E-state index contributed by atoms with van der Waals surface area (Å²) in [6.45, 7) is 6.76. The number of benzene rings is 1. The van der Waals surface area contributed by atoms with E-state index in [1.165, 1.54) is 37.9 Å². The van der Waals surface area contributed by atoms with Gasteiger partial charge in [-0.1, -0.05) is 18.6 Å². The number of hydrogen-bond donors (Lipinski definition) is 1. The average molecular weight is 257 g/mol. The maximum atomic E-state index is 8.76. The van der Waals surface area contributed by atoms with Gasteiger partial charge in [-0.15, -0.1) is 0 Å². The van der Waals surface area contributed by atoms with E-state index >= 15 is 0 Å². The zero-order valence-electron chi connectivity index (χ0n) is 11.7. The van der Waals surface area contributed by atoms with Crippen molar-refractivity contribution in [1.82, 2.24) is 10.2 Å². The maximum absolute atomic E-state index is 8.76. The van der Waals surface area contributed by atoms with E-state index < -0.39 is 0 Å². The quantitative estimate of drug-likeness (QED) is 0.881. The minimum absolute atomic E-state index is 0.508. The van der Waals surface area contributed by atoms with Crippen molar-refractivity contribution in [3.8, 4) is 6.07 Å². The molecular formula is C16H23N3. The standard InChI is InChI=1S/C16H23N3/c1-14(13-19-9-3-2-4-10-19)18-12-16-7-5-15(11-17)6-8-16/h5-8,14,18H,2-4,9-10,12-13H2,1H3. The largest absolute Gasteiger partial charge is 0.309 e. The van der Waals surface area contributed by atoms with Gasteiger partial charge in [0.15, 0.2) is 0 Å². The van der Waals surface area contributed by atoms with Crippen LogP contribution in [0.3, 0.4) is 0 Å². The fourth-order valence-electron chi connectivity index (χ4n) is 2.58. The number of hydrogen-bond acceptors (Lipinski definition) is 3. The number of likely N-dealkylation sites (tertiary alicyclic amines) is 1. The summed E-state index contributed by atoms with van der Waals surface area (Å²) in [5.41, 5.74) is 1.97. The second-order valence-electron chi connectivity index (χ2n) is 5.45. The molecule has 1 atom stereocenters. The smallest absolute Gasteiger partial charge is 0.0991 e. The highest BCUT2D eigenvalue weighted by Gasteiger charge is 2.12. The molecule has 102 valence electrons. The molecule has 2 rings (SSSR count). The molecule has 0 saturated carbocycles. The lowest BCUT2D eigenvalue weighted by molar-refractivity contribution is 0.209. The van der Waals surface area contributed by atoms with Gasteiger partial charge in [0.1, 0.15) is 0 Å². The molecular weight excluding hydrogens is 234 g/mol. The molecule has 0 spiro atoms. The first-order valence-electron chi connectivity index (χ1n) is 7.23. The fraction of sp³-hybridized carbons (Fsp3) is 0.562. The second kappa shape index (κ2) is 7.28. The van der Waals surface area contributed by atoms with Crippen LogP contribution in [0.1, 0.15) is 37.3 Å². The van der Waals surface area contributed by atoms with Crippen LogP contribution < -0.4 is 5.32 Å². The Kier molecular flexibility index (Phi) is 5.38. The molecule has 0 amide bonds. The Balaban J connectivity index is 1.73. The molecule has 1 aromatic carbocycles. The van der Waals surface area contributed by atoms with Crippen molar-refractivity contribution >= 4 is 0 Å². The summed E-state index contributed by atoms with van der Waals surface area (Å²) in [6, 6.07) is 10.5. The summed E-state index contributed by atoms with van der Waals surface area (Å²) in [6.07, 6.45) is 4.09. The number of piperidine rings is 1. The van der Waals surface area contributed by atoms with Crippen LogP contribution in [0.4, 0.5) is 0 Å². The predicted molar refractivity (Wildman–Crippen MR) is 77.7 cm³/mol. The van der Waals surface area contributed by atoms with E-state index in [1.807, 2.05) is 24.3 Å². The summed E-state index contributed by atoms with van der Waals surface area (Å²) in [4.78, 5) is 2.56. The molecule has 0 bridgehead atoms. The lowest BCUT2D eigenvalue weighted by atomic mass is 10.1. The van der Waals surface area contributed by atoms with E-state index in [0.717, 1.165) is 18.7 Å². The van der Waals surface area contributed by atoms with Gasteiger partial charge in [0.2, 0.25) is 0 Å². The molecule has 1 aliphatic rings. The van der Waals surface area contributed by atoms with Crippen LogP contribution in [-0.4, -0.2) is 30.6 Å². The molecule has 1 saturated heterocycles. The van der Waals surface area contributed by atoms with Gasteiger partial charge in [0.25, 0.3) is 0 Å². The molecule has 1 unspecified atom stereocenters. The normalized spacial score (nSPS) is 17.9. The third-order valence-corrected chi connectivity index (χ3v) is 3.72.